The average molecular weight is 253 g/mol. The fraction of sp³-hybridized carbons (Fsp3) is 0.333. The first-order chi connectivity index (χ1) is 8.42. The molecule has 1 rings (SSSR count). The van der Waals surface area contributed by atoms with Crippen molar-refractivity contribution in [2.24, 2.45) is 0 Å². The Morgan fingerprint density at radius 3 is 2.44 bits per heavy atom. The normalized spacial score (nSPS) is 10.8. The number of carboxylic acid groups (broad SMARTS) is 1. The first-order valence-corrected chi connectivity index (χ1v) is 5.30. The molecule has 6 nitrogen and oxygen atoms in total. The molecule has 0 aliphatic heterocycles. The Labute approximate surface area is 104 Å². The van der Waals surface area contributed by atoms with Gasteiger partial charge in [-0.2, -0.15) is 5.48 Å². The Balaban J connectivity index is 2.33. The summed E-state index contributed by atoms with van der Waals surface area (Å²) in [5.74, 6) is -1.19. The maximum atomic E-state index is 11.2. The molecule has 98 valence electrons. The molecule has 0 fully saturated rings. The summed E-state index contributed by atoms with van der Waals surface area (Å²) >= 11 is 0. The largest absolute Gasteiger partial charge is 0.479 e. The monoisotopic (exact) mass is 253 g/mol. The lowest BCUT2D eigenvalue weighted by atomic mass is 10.1. The molecule has 0 saturated carbocycles. The van der Waals surface area contributed by atoms with Crippen molar-refractivity contribution in [3.05, 3.63) is 35.9 Å². The van der Waals surface area contributed by atoms with E-state index in [2.05, 4.69) is 0 Å². The van der Waals surface area contributed by atoms with Crippen molar-refractivity contribution in [1.82, 2.24) is 5.48 Å². The standard InChI is InChI=1S/C12H15NO5/c1-12(2,10(14)15)18-13-11(16)17-8-9-6-4-3-5-7-9/h3-7H,8H2,1-2H3,(H,13,16)(H,14,15). The SMILES string of the molecule is CC(C)(ONC(=O)OCc1ccccc1)C(=O)O. The topological polar surface area (TPSA) is 84.9 Å². The van der Waals surface area contributed by atoms with Crippen molar-refractivity contribution < 1.29 is 24.3 Å². The molecule has 0 saturated heterocycles. The van der Waals surface area contributed by atoms with Crippen LogP contribution in [-0.2, 0) is 21.0 Å². The molecule has 1 aromatic rings. The molecule has 0 bridgehead atoms. The van der Waals surface area contributed by atoms with Crippen LogP contribution in [0.4, 0.5) is 4.79 Å². The highest BCUT2D eigenvalue weighted by atomic mass is 16.7. The van der Waals surface area contributed by atoms with Gasteiger partial charge in [0.05, 0.1) is 0 Å². The summed E-state index contributed by atoms with van der Waals surface area (Å²) in [5, 5.41) is 8.74. The van der Waals surface area contributed by atoms with Gasteiger partial charge in [0.15, 0.2) is 5.60 Å². The van der Waals surface area contributed by atoms with Crippen LogP contribution in [0.15, 0.2) is 30.3 Å². The van der Waals surface area contributed by atoms with Gasteiger partial charge in [0.25, 0.3) is 0 Å². The molecule has 0 heterocycles. The Morgan fingerprint density at radius 1 is 1.28 bits per heavy atom. The number of nitrogens with one attached hydrogen (secondary N) is 1. The number of hydrogen-bond donors (Lipinski definition) is 2. The number of carbonyl (C=O) groups excluding carboxylic acids is 1. The fourth-order valence-corrected chi connectivity index (χ4v) is 0.965. The highest BCUT2D eigenvalue weighted by Gasteiger charge is 2.29. The number of hydroxylamine groups is 1. The molecule has 0 spiro atoms. The van der Waals surface area contributed by atoms with E-state index in [1.165, 1.54) is 13.8 Å². The van der Waals surface area contributed by atoms with Crippen LogP contribution in [0.3, 0.4) is 0 Å². The van der Waals surface area contributed by atoms with E-state index >= 15 is 0 Å². The van der Waals surface area contributed by atoms with Gasteiger partial charge in [-0.05, 0) is 19.4 Å². The van der Waals surface area contributed by atoms with Crippen LogP contribution >= 0.6 is 0 Å². The smallest absolute Gasteiger partial charge is 0.431 e. The number of amides is 1. The number of rotatable bonds is 5. The third-order valence-corrected chi connectivity index (χ3v) is 2.12. The van der Waals surface area contributed by atoms with Gasteiger partial charge < -0.3 is 9.84 Å². The van der Waals surface area contributed by atoms with Gasteiger partial charge in [-0.25, -0.2) is 9.59 Å². The van der Waals surface area contributed by atoms with E-state index in [1.807, 2.05) is 23.7 Å². The second-order valence-corrected chi connectivity index (χ2v) is 4.08. The van der Waals surface area contributed by atoms with Crippen LogP contribution in [0.5, 0.6) is 0 Å². The molecule has 18 heavy (non-hydrogen) atoms. The van der Waals surface area contributed by atoms with E-state index < -0.39 is 17.7 Å². The molecule has 0 atom stereocenters. The zero-order valence-corrected chi connectivity index (χ0v) is 10.2. The lowest BCUT2D eigenvalue weighted by Crippen LogP contribution is -2.42. The van der Waals surface area contributed by atoms with Crippen LogP contribution in [0.2, 0.25) is 0 Å². The van der Waals surface area contributed by atoms with Crippen molar-refractivity contribution >= 4 is 12.1 Å². The maximum absolute atomic E-state index is 11.2. The zero-order valence-electron chi connectivity index (χ0n) is 10.2. The first kappa shape index (κ1) is 14.0. The van der Waals surface area contributed by atoms with Gasteiger partial charge in [0.1, 0.15) is 6.61 Å². The minimum absolute atomic E-state index is 0.0868. The number of ether oxygens (including phenoxy) is 1. The maximum Gasteiger partial charge on any atom is 0.431 e. The summed E-state index contributed by atoms with van der Waals surface area (Å²) in [6.07, 6.45) is -0.840. The second kappa shape index (κ2) is 6.02. The first-order valence-electron chi connectivity index (χ1n) is 5.30. The molecule has 0 radical (unpaired) electrons. The van der Waals surface area contributed by atoms with Crippen molar-refractivity contribution in [3.8, 4) is 0 Å². The van der Waals surface area contributed by atoms with Crippen LogP contribution < -0.4 is 5.48 Å². The number of aliphatic carboxylic acids is 1. The van der Waals surface area contributed by atoms with E-state index in [4.69, 9.17) is 14.7 Å². The van der Waals surface area contributed by atoms with Gasteiger partial charge in [-0.1, -0.05) is 30.3 Å². The van der Waals surface area contributed by atoms with Gasteiger partial charge in [0.2, 0.25) is 0 Å². The molecular formula is C12H15NO5. The quantitative estimate of drug-likeness (QED) is 0.780. The van der Waals surface area contributed by atoms with Crippen molar-refractivity contribution in [3.63, 3.8) is 0 Å². The van der Waals surface area contributed by atoms with Gasteiger partial charge in [-0.15, -0.1) is 0 Å². The number of benzene rings is 1. The molecule has 1 aromatic carbocycles. The van der Waals surface area contributed by atoms with E-state index in [-0.39, 0.29) is 6.61 Å². The van der Waals surface area contributed by atoms with E-state index in [9.17, 15) is 9.59 Å². The lowest BCUT2D eigenvalue weighted by molar-refractivity contribution is -0.168. The third-order valence-electron chi connectivity index (χ3n) is 2.12. The Morgan fingerprint density at radius 2 is 1.89 bits per heavy atom. The number of carboxylic acids is 1. The average Bonchev–Trinajstić information content (AvgIpc) is 2.35. The molecule has 6 heteroatoms. The predicted octanol–water partition coefficient (Wildman–Crippen LogP) is 1.71. The molecule has 1 amide bonds. The fourth-order valence-electron chi connectivity index (χ4n) is 0.965. The van der Waals surface area contributed by atoms with Crippen LogP contribution in [0.1, 0.15) is 19.4 Å². The third kappa shape index (κ3) is 4.42. The van der Waals surface area contributed by atoms with Crippen molar-refractivity contribution in [1.29, 1.82) is 0 Å². The molecule has 0 aliphatic rings. The molecule has 0 aromatic heterocycles. The summed E-state index contributed by atoms with van der Waals surface area (Å²) in [6, 6.07) is 9.09. The van der Waals surface area contributed by atoms with Crippen LogP contribution in [-0.4, -0.2) is 22.8 Å². The highest BCUT2D eigenvalue weighted by molar-refractivity contribution is 5.76. The Bertz CT molecular complexity index is 416. The van der Waals surface area contributed by atoms with Gasteiger partial charge in [-0.3, -0.25) is 4.84 Å². The Kier molecular flexibility index (Phi) is 4.67. The predicted molar refractivity (Wildman–Crippen MR) is 62.6 cm³/mol. The summed E-state index contributed by atoms with van der Waals surface area (Å²) < 4.78 is 4.84. The number of hydrogen-bond acceptors (Lipinski definition) is 4. The van der Waals surface area contributed by atoms with E-state index in [1.54, 1.807) is 12.1 Å². The summed E-state index contributed by atoms with van der Waals surface area (Å²) in [6.45, 7) is 2.71. The molecule has 0 aliphatic carbocycles. The number of carbonyl (C=O) groups is 2. The molecule has 2 N–H and O–H groups in total. The van der Waals surface area contributed by atoms with Gasteiger partial charge in [0, 0.05) is 0 Å². The minimum Gasteiger partial charge on any atom is -0.479 e. The summed E-state index contributed by atoms with van der Waals surface area (Å²) in [7, 11) is 0. The lowest BCUT2D eigenvalue weighted by Gasteiger charge is -2.19. The van der Waals surface area contributed by atoms with Crippen LogP contribution in [0.25, 0.3) is 0 Å². The second-order valence-electron chi connectivity index (χ2n) is 4.08. The summed E-state index contributed by atoms with van der Waals surface area (Å²) in [4.78, 5) is 26.6. The summed E-state index contributed by atoms with van der Waals surface area (Å²) in [5.41, 5.74) is 1.25. The Hall–Kier alpha value is -2.08. The zero-order chi connectivity index (χ0) is 13.6. The molecule has 0 unspecified atom stereocenters. The highest BCUT2D eigenvalue weighted by Crippen LogP contribution is 2.07. The van der Waals surface area contributed by atoms with E-state index in [0.717, 1.165) is 5.56 Å². The van der Waals surface area contributed by atoms with Crippen LogP contribution in [0, 0.1) is 0 Å². The molecular weight excluding hydrogens is 238 g/mol. The minimum atomic E-state index is -1.51. The van der Waals surface area contributed by atoms with E-state index in [0.29, 0.717) is 0 Å². The van der Waals surface area contributed by atoms with Gasteiger partial charge >= 0.3 is 12.1 Å². The van der Waals surface area contributed by atoms with Crippen molar-refractivity contribution in [2.45, 2.75) is 26.1 Å². The van der Waals surface area contributed by atoms with Crippen molar-refractivity contribution in [2.75, 3.05) is 0 Å².